The largest absolute Gasteiger partial charge is 0.323 e. The number of carbonyl (C=O) groups is 1. The summed E-state index contributed by atoms with van der Waals surface area (Å²) in [5.41, 5.74) is 4.58. The van der Waals surface area contributed by atoms with E-state index in [2.05, 4.69) is 10.4 Å². The molecule has 0 saturated heterocycles. The lowest BCUT2D eigenvalue weighted by molar-refractivity contribution is -0.116. The number of hydrogen-bond acceptors (Lipinski definition) is 2. The molecule has 1 amide bonds. The molecule has 128 valence electrons. The SMILES string of the molecule is Cc1nn(-c2ccccc2)c(C)c1NC(=O)CCc1ccc(Cl)cc1. The number of carbonyl (C=O) groups excluding carboxylic acids is 1. The molecule has 0 atom stereocenters. The van der Waals surface area contributed by atoms with Gasteiger partial charge in [0.05, 0.1) is 22.8 Å². The molecule has 5 heteroatoms. The van der Waals surface area contributed by atoms with Gasteiger partial charge in [-0.3, -0.25) is 4.79 Å². The average molecular weight is 354 g/mol. The fourth-order valence-electron chi connectivity index (χ4n) is 2.76. The van der Waals surface area contributed by atoms with Gasteiger partial charge in [0.25, 0.3) is 0 Å². The number of anilines is 1. The number of aryl methyl sites for hydroxylation is 2. The van der Waals surface area contributed by atoms with Crippen LogP contribution in [0, 0.1) is 13.8 Å². The summed E-state index contributed by atoms with van der Waals surface area (Å²) >= 11 is 5.88. The van der Waals surface area contributed by atoms with Crippen LogP contribution in [-0.4, -0.2) is 15.7 Å². The highest BCUT2D eigenvalue weighted by molar-refractivity contribution is 6.30. The fraction of sp³-hybridized carbons (Fsp3) is 0.200. The molecule has 3 rings (SSSR count). The first-order chi connectivity index (χ1) is 12.0. The van der Waals surface area contributed by atoms with E-state index in [-0.39, 0.29) is 5.91 Å². The molecule has 0 fully saturated rings. The molecule has 1 aromatic heterocycles. The number of nitrogens with zero attached hydrogens (tertiary/aromatic N) is 2. The third-order valence-electron chi connectivity index (χ3n) is 4.11. The molecule has 2 aromatic carbocycles. The Hall–Kier alpha value is -2.59. The zero-order chi connectivity index (χ0) is 17.8. The molecule has 4 nitrogen and oxygen atoms in total. The second kappa shape index (κ2) is 7.53. The maximum Gasteiger partial charge on any atom is 0.224 e. The van der Waals surface area contributed by atoms with Gasteiger partial charge in [0, 0.05) is 11.4 Å². The van der Waals surface area contributed by atoms with Gasteiger partial charge in [-0.05, 0) is 50.1 Å². The molecule has 0 radical (unpaired) electrons. The van der Waals surface area contributed by atoms with E-state index in [0.29, 0.717) is 17.9 Å². The standard InChI is InChI=1S/C20H20ClN3O/c1-14-20(15(2)24(23-14)18-6-4-3-5-7-18)22-19(25)13-10-16-8-11-17(21)12-9-16/h3-9,11-12H,10,13H2,1-2H3,(H,22,25). The van der Waals surface area contributed by atoms with Crippen molar-refractivity contribution in [2.24, 2.45) is 0 Å². The van der Waals surface area contributed by atoms with Crippen LogP contribution < -0.4 is 5.32 Å². The number of para-hydroxylation sites is 1. The molecule has 0 spiro atoms. The average Bonchev–Trinajstić information content (AvgIpc) is 2.90. The Morgan fingerprint density at radius 3 is 2.44 bits per heavy atom. The van der Waals surface area contributed by atoms with Crippen molar-refractivity contribution in [1.82, 2.24) is 9.78 Å². The van der Waals surface area contributed by atoms with Crippen molar-refractivity contribution < 1.29 is 4.79 Å². The predicted molar refractivity (Wildman–Crippen MR) is 101 cm³/mol. The predicted octanol–water partition coefficient (Wildman–Crippen LogP) is 4.71. The van der Waals surface area contributed by atoms with E-state index in [1.807, 2.05) is 73.1 Å². The van der Waals surface area contributed by atoms with Crippen LogP contribution in [0.5, 0.6) is 0 Å². The Labute approximate surface area is 152 Å². The first-order valence-corrected chi connectivity index (χ1v) is 8.58. The van der Waals surface area contributed by atoms with Gasteiger partial charge in [-0.1, -0.05) is 41.9 Å². The van der Waals surface area contributed by atoms with Crippen LogP contribution >= 0.6 is 11.6 Å². The van der Waals surface area contributed by atoms with Gasteiger partial charge in [0.1, 0.15) is 0 Å². The lowest BCUT2D eigenvalue weighted by Crippen LogP contribution is -2.13. The topological polar surface area (TPSA) is 46.9 Å². The third-order valence-corrected chi connectivity index (χ3v) is 4.36. The van der Waals surface area contributed by atoms with E-state index in [1.54, 1.807) is 0 Å². The van der Waals surface area contributed by atoms with Crippen molar-refractivity contribution in [2.45, 2.75) is 26.7 Å². The van der Waals surface area contributed by atoms with E-state index in [4.69, 9.17) is 11.6 Å². The van der Waals surface area contributed by atoms with E-state index in [1.165, 1.54) is 0 Å². The van der Waals surface area contributed by atoms with Crippen molar-refractivity contribution in [3.8, 4) is 5.69 Å². The maximum absolute atomic E-state index is 12.3. The highest BCUT2D eigenvalue weighted by Crippen LogP contribution is 2.23. The van der Waals surface area contributed by atoms with Crippen LogP contribution in [0.15, 0.2) is 54.6 Å². The van der Waals surface area contributed by atoms with Crippen molar-refractivity contribution in [3.05, 3.63) is 76.6 Å². The molecule has 1 N–H and O–H groups in total. The summed E-state index contributed by atoms with van der Waals surface area (Å²) < 4.78 is 1.85. The summed E-state index contributed by atoms with van der Waals surface area (Å²) in [6.07, 6.45) is 1.09. The second-order valence-electron chi connectivity index (χ2n) is 5.97. The van der Waals surface area contributed by atoms with Gasteiger partial charge in [-0.15, -0.1) is 0 Å². The summed E-state index contributed by atoms with van der Waals surface area (Å²) in [6.45, 7) is 3.86. The number of halogens is 1. The van der Waals surface area contributed by atoms with Gasteiger partial charge in [0.2, 0.25) is 5.91 Å². The number of hydrogen-bond donors (Lipinski definition) is 1. The number of nitrogens with one attached hydrogen (secondary N) is 1. The Kier molecular flexibility index (Phi) is 5.19. The molecular formula is C20H20ClN3O. The molecule has 0 aliphatic carbocycles. The minimum absolute atomic E-state index is 0.0197. The first-order valence-electron chi connectivity index (χ1n) is 8.20. The first kappa shape index (κ1) is 17.2. The number of rotatable bonds is 5. The van der Waals surface area contributed by atoms with Crippen molar-refractivity contribution in [2.75, 3.05) is 5.32 Å². The number of aromatic nitrogens is 2. The van der Waals surface area contributed by atoms with Crippen molar-refractivity contribution in [3.63, 3.8) is 0 Å². The normalized spacial score (nSPS) is 10.7. The summed E-state index contributed by atoms with van der Waals surface area (Å²) in [5.74, 6) is -0.0197. The molecule has 0 aliphatic rings. The number of benzene rings is 2. The van der Waals surface area contributed by atoms with Crippen LogP contribution in [0.3, 0.4) is 0 Å². The smallest absolute Gasteiger partial charge is 0.224 e. The number of amides is 1. The lowest BCUT2D eigenvalue weighted by Gasteiger charge is -2.07. The molecule has 3 aromatic rings. The minimum Gasteiger partial charge on any atom is -0.323 e. The molecule has 0 saturated carbocycles. The Bertz CT molecular complexity index is 870. The van der Waals surface area contributed by atoms with Crippen LogP contribution in [0.2, 0.25) is 5.02 Å². The van der Waals surface area contributed by atoms with Gasteiger partial charge >= 0.3 is 0 Å². The summed E-state index contributed by atoms with van der Waals surface area (Å²) in [7, 11) is 0. The Balaban J connectivity index is 1.69. The van der Waals surface area contributed by atoms with Gasteiger partial charge in [0.15, 0.2) is 0 Å². The van der Waals surface area contributed by atoms with Crippen LogP contribution in [0.25, 0.3) is 5.69 Å². The van der Waals surface area contributed by atoms with Crippen LogP contribution in [0.4, 0.5) is 5.69 Å². The monoisotopic (exact) mass is 353 g/mol. The van der Waals surface area contributed by atoms with Crippen LogP contribution in [0.1, 0.15) is 23.4 Å². The Morgan fingerprint density at radius 1 is 1.08 bits per heavy atom. The second-order valence-corrected chi connectivity index (χ2v) is 6.40. The van der Waals surface area contributed by atoms with Crippen LogP contribution in [-0.2, 0) is 11.2 Å². The lowest BCUT2D eigenvalue weighted by atomic mass is 10.1. The van der Waals surface area contributed by atoms with E-state index in [0.717, 1.165) is 28.3 Å². The molecule has 1 heterocycles. The summed E-state index contributed by atoms with van der Waals surface area (Å²) in [6, 6.07) is 17.5. The van der Waals surface area contributed by atoms with E-state index in [9.17, 15) is 4.79 Å². The van der Waals surface area contributed by atoms with Crippen molar-refractivity contribution in [1.29, 1.82) is 0 Å². The maximum atomic E-state index is 12.3. The summed E-state index contributed by atoms with van der Waals surface area (Å²) in [4.78, 5) is 12.3. The van der Waals surface area contributed by atoms with E-state index >= 15 is 0 Å². The molecule has 0 bridgehead atoms. The highest BCUT2D eigenvalue weighted by atomic mass is 35.5. The molecular weight excluding hydrogens is 334 g/mol. The van der Waals surface area contributed by atoms with Crippen molar-refractivity contribution >= 4 is 23.2 Å². The van der Waals surface area contributed by atoms with Gasteiger partial charge in [-0.2, -0.15) is 5.10 Å². The zero-order valence-corrected chi connectivity index (χ0v) is 15.0. The van der Waals surface area contributed by atoms with E-state index < -0.39 is 0 Å². The summed E-state index contributed by atoms with van der Waals surface area (Å²) in [5, 5.41) is 8.25. The molecule has 0 aliphatic heterocycles. The third kappa shape index (κ3) is 4.09. The zero-order valence-electron chi connectivity index (χ0n) is 14.3. The highest BCUT2D eigenvalue weighted by Gasteiger charge is 2.15. The van der Waals surface area contributed by atoms with Gasteiger partial charge < -0.3 is 5.32 Å². The van der Waals surface area contributed by atoms with Gasteiger partial charge in [-0.25, -0.2) is 4.68 Å². The molecule has 25 heavy (non-hydrogen) atoms. The minimum atomic E-state index is -0.0197. The fourth-order valence-corrected chi connectivity index (χ4v) is 2.88. The Morgan fingerprint density at radius 2 is 1.76 bits per heavy atom. The quantitative estimate of drug-likeness (QED) is 0.721. The molecule has 0 unspecified atom stereocenters.